The van der Waals surface area contributed by atoms with Crippen LogP contribution in [0, 0.1) is 5.92 Å². The van der Waals surface area contributed by atoms with Gasteiger partial charge in [-0.1, -0.05) is 11.9 Å². The molecule has 1 unspecified atom stereocenters. The van der Waals surface area contributed by atoms with Crippen LogP contribution in [0.2, 0.25) is 0 Å². The molecule has 0 saturated carbocycles. The lowest BCUT2D eigenvalue weighted by atomic mass is 9.93. The van der Waals surface area contributed by atoms with Crippen LogP contribution in [0.5, 0.6) is 0 Å². The van der Waals surface area contributed by atoms with Crippen LogP contribution in [0.15, 0.2) is 36.5 Å². The molecule has 2 saturated heterocycles. The molecule has 2 N–H and O–H groups in total. The molecule has 8 nitrogen and oxygen atoms in total. The van der Waals surface area contributed by atoms with E-state index in [9.17, 15) is 5.11 Å². The van der Waals surface area contributed by atoms with Gasteiger partial charge in [-0.25, -0.2) is 9.97 Å². The fourth-order valence-electron chi connectivity index (χ4n) is 5.79. The molecule has 38 heavy (non-hydrogen) atoms. The predicted octanol–water partition coefficient (Wildman–Crippen LogP) is 5.32. The summed E-state index contributed by atoms with van der Waals surface area (Å²) in [6.07, 6.45) is 9.13. The van der Waals surface area contributed by atoms with Gasteiger partial charge >= 0.3 is 0 Å². The van der Waals surface area contributed by atoms with Gasteiger partial charge in [0.05, 0.1) is 12.7 Å². The monoisotopic (exact) mass is 552 g/mol. The highest BCUT2D eigenvalue weighted by Crippen LogP contribution is 2.38. The van der Waals surface area contributed by atoms with Crippen molar-refractivity contribution in [3.05, 3.63) is 36.5 Å². The molecule has 2 fully saturated rings. The summed E-state index contributed by atoms with van der Waals surface area (Å²) in [5, 5.41) is 10.1. The van der Waals surface area contributed by atoms with E-state index in [-0.39, 0.29) is 6.61 Å². The van der Waals surface area contributed by atoms with E-state index in [1.165, 1.54) is 48.4 Å². The zero-order valence-corrected chi connectivity index (χ0v) is 23.4. The molecule has 0 radical (unpaired) electrons. The van der Waals surface area contributed by atoms with E-state index in [0.717, 1.165) is 85.5 Å². The first-order valence-electron chi connectivity index (χ1n) is 13.8. The van der Waals surface area contributed by atoms with E-state index in [4.69, 9.17) is 19.1 Å². The third-order valence-corrected chi connectivity index (χ3v) is 9.29. The molecule has 0 amide bonds. The maximum Gasteiger partial charge on any atom is 0.173 e. The van der Waals surface area contributed by atoms with Crippen LogP contribution in [0.4, 0.5) is 17.2 Å². The van der Waals surface area contributed by atoms with Crippen molar-refractivity contribution >= 4 is 40.7 Å². The summed E-state index contributed by atoms with van der Waals surface area (Å²) >= 11 is 2.98. The zero-order chi connectivity index (χ0) is 25.7. The van der Waals surface area contributed by atoms with Gasteiger partial charge in [-0.3, -0.25) is 0 Å². The van der Waals surface area contributed by atoms with Crippen molar-refractivity contribution < 1.29 is 9.84 Å². The standard InChI is InChI=1S/C28H36N6O2S2/c35-14-16-37-31-22-5-6-24-25(18-22)33-12-8-23(9-13-33)36-15-2-4-20-3-1-11-34(19-20)26-17-21(7-10-29-26)27-30-28(24)38-32-27/h5-7,10,17-18,20,23,31,35H,1-4,8-9,11-16,19H2. The number of piperidine rings is 2. The minimum absolute atomic E-state index is 0.152. The molecule has 1 atom stereocenters. The summed E-state index contributed by atoms with van der Waals surface area (Å²) in [5.74, 6) is 3.13. The highest BCUT2D eigenvalue weighted by atomic mass is 32.2. The van der Waals surface area contributed by atoms with Gasteiger partial charge < -0.3 is 24.4 Å². The highest BCUT2D eigenvalue weighted by molar-refractivity contribution is 8.00. The summed E-state index contributed by atoms with van der Waals surface area (Å²) in [7, 11) is 0. The Bertz CT molecular complexity index is 1220. The van der Waals surface area contributed by atoms with Crippen molar-refractivity contribution in [2.24, 2.45) is 5.92 Å². The molecule has 1 aromatic carbocycles. The lowest BCUT2D eigenvalue weighted by molar-refractivity contribution is 0.0330. The number of aliphatic hydroxyl groups excluding tert-OH is 1. The Morgan fingerprint density at radius 3 is 2.84 bits per heavy atom. The van der Waals surface area contributed by atoms with Crippen LogP contribution < -0.4 is 14.5 Å². The van der Waals surface area contributed by atoms with Gasteiger partial charge in [0.15, 0.2) is 5.82 Å². The van der Waals surface area contributed by atoms with E-state index in [2.05, 4.69) is 38.8 Å². The van der Waals surface area contributed by atoms with Gasteiger partial charge in [-0.15, -0.1) is 0 Å². The van der Waals surface area contributed by atoms with Crippen molar-refractivity contribution in [3.63, 3.8) is 0 Å². The SMILES string of the molecule is OCCSNc1ccc2c(c1)N1CCC(CC1)OCCCC1CCCN(C1)c1cc(ccn1)-c1nsc-2n1. The molecule has 10 heteroatoms. The van der Waals surface area contributed by atoms with E-state index >= 15 is 0 Å². The topological polar surface area (TPSA) is 86.6 Å². The Hall–Kier alpha value is -2.40. The van der Waals surface area contributed by atoms with Gasteiger partial charge in [-0.2, -0.15) is 4.37 Å². The van der Waals surface area contributed by atoms with Crippen LogP contribution >= 0.6 is 23.5 Å². The number of rotatable bonds is 4. The number of nitrogens with one attached hydrogen (secondary N) is 1. The first-order chi connectivity index (χ1) is 18.8. The van der Waals surface area contributed by atoms with E-state index < -0.39 is 0 Å². The van der Waals surface area contributed by atoms with Gasteiger partial charge in [0.2, 0.25) is 0 Å². The van der Waals surface area contributed by atoms with Crippen LogP contribution in [-0.2, 0) is 4.74 Å². The molecule has 4 aliphatic rings. The minimum Gasteiger partial charge on any atom is -0.395 e. The predicted molar refractivity (Wildman–Crippen MR) is 157 cm³/mol. The van der Waals surface area contributed by atoms with Gasteiger partial charge in [0.1, 0.15) is 10.8 Å². The molecule has 0 spiro atoms. The molecule has 202 valence electrons. The fraction of sp³-hybridized carbons (Fsp3) is 0.536. The van der Waals surface area contributed by atoms with E-state index in [1.807, 2.05) is 12.3 Å². The molecule has 2 aromatic heterocycles. The lowest BCUT2D eigenvalue weighted by Crippen LogP contribution is -2.37. The van der Waals surface area contributed by atoms with Crippen molar-refractivity contribution in [2.45, 2.75) is 44.6 Å². The molecule has 6 heterocycles. The van der Waals surface area contributed by atoms with Crippen LogP contribution in [0.3, 0.4) is 0 Å². The largest absolute Gasteiger partial charge is 0.395 e. The number of hydrogen-bond acceptors (Lipinski definition) is 10. The average Bonchev–Trinajstić information content (AvgIpc) is 3.46. The minimum atomic E-state index is 0.152. The molecule has 8 bridgehead atoms. The summed E-state index contributed by atoms with van der Waals surface area (Å²) in [5.41, 5.74) is 4.33. The Labute approximate surface area is 233 Å². The van der Waals surface area contributed by atoms with Crippen LogP contribution in [0.1, 0.15) is 38.5 Å². The molecule has 4 aliphatic heterocycles. The van der Waals surface area contributed by atoms with Gasteiger partial charge in [-0.05, 0) is 86.3 Å². The lowest BCUT2D eigenvalue weighted by Gasteiger charge is -2.35. The molecular weight excluding hydrogens is 516 g/mol. The maximum absolute atomic E-state index is 9.17. The smallest absolute Gasteiger partial charge is 0.173 e. The number of aliphatic hydroxyl groups is 1. The second-order valence-electron chi connectivity index (χ2n) is 10.4. The van der Waals surface area contributed by atoms with Crippen molar-refractivity contribution in [1.29, 1.82) is 0 Å². The van der Waals surface area contributed by atoms with Crippen molar-refractivity contribution in [1.82, 2.24) is 14.3 Å². The number of anilines is 3. The Kier molecular flexibility index (Phi) is 8.30. The first kappa shape index (κ1) is 25.9. The number of ether oxygens (including phenoxy) is 1. The fourth-order valence-corrected chi connectivity index (χ4v) is 7.00. The average molecular weight is 553 g/mol. The number of nitrogens with zero attached hydrogens (tertiary/aromatic N) is 5. The number of benzene rings is 1. The third kappa shape index (κ3) is 5.93. The molecule has 0 aliphatic carbocycles. The molecule has 7 rings (SSSR count). The quantitative estimate of drug-likeness (QED) is 0.330. The van der Waals surface area contributed by atoms with Gasteiger partial charge in [0.25, 0.3) is 0 Å². The zero-order valence-electron chi connectivity index (χ0n) is 21.7. The summed E-state index contributed by atoms with van der Waals surface area (Å²) in [4.78, 5) is 14.6. The second-order valence-corrected chi connectivity index (χ2v) is 12.0. The molecular formula is C28H36N6O2S2. The maximum atomic E-state index is 9.17. The second kappa shape index (κ2) is 12.2. The Balaban J connectivity index is 1.34. The summed E-state index contributed by atoms with van der Waals surface area (Å²) in [6.45, 7) is 5.04. The Morgan fingerprint density at radius 1 is 1.05 bits per heavy atom. The number of hydrogen-bond donors (Lipinski definition) is 2. The number of pyridine rings is 1. The van der Waals surface area contributed by atoms with Gasteiger partial charge in [0, 0.05) is 67.2 Å². The van der Waals surface area contributed by atoms with Crippen LogP contribution in [-0.4, -0.2) is 70.7 Å². The molecule has 3 aromatic rings. The number of fused-ring (bicyclic) bond motifs is 5. The van der Waals surface area contributed by atoms with E-state index in [1.54, 1.807) is 0 Å². The van der Waals surface area contributed by atoms with E-state index in [0.29, 0.717) is 17.8 Å². The van der Waals surface area contributed by atoms with Crippen LogP contribution in [0.25, 0.3) is 22.0 Å². The number of aromatic nitrogens is 3. The van der Waals surface area contributed by atoms with Crippen molar-refractivity contribution in [3.8, 4) is 22.0 Å². The Morgan fingerprint density at radius 2 is 1.95 bits per heavy atom. The summed E-state index contributed by atoms with van der Waals surface area (Å²) < 4.78 is 14.5. The first-order valence-corrected chi connectivity index (χ1v) is 15.6. The highest BCUT2D eigenvalue weighted by Gasteiger charge is 2.25. The normalized spacial score (nSPS) is 21.8. The third-order valence-electron chi connectivity index (χ3n) is 7.78. The van der Waals surface area contributed by atoms with Crippen molar-refractivity contribution in [2.75, 3.05) is 59.7 Å². The summed E-state index contributed by atoms with van der Waals surface area (Å²) in [6, 6.07) is 10.6.